The predicted molar refractivity (Wildman–Crippen MR) is 142 cm³/mol. The summed E-state index contributed by atoms with van der Waals surface area (Å²) in [6.07, 6.45) is 4.72. The zero-order chi connectivity index (χ0) is 25.9. The van der Waals surface area contributed by atoms with Crippen LogP contribution in [0.15, 0.2) is 65.0 Å². The summed E-state index contributed by atoms with van der Waals surface area (Å²) >= 11 is 7.72. The number of aromatic nitrogens is 3. The van der Waals surface area contributed by atoms with Crippen molar-refractivity contribution >= 4 is 41.2 Å². The van der Waals surface area contributed by atoms with Crippen molar-refractivity contribution < 1.29 is 19.4 Å². The Bertz CT molecular complexity index is 1370. The van der Waals surface area contributed by atoms with Gasteiger partial charge in [-0.1, -0.05) is 66.2 Å². The van der Waals surface area contributed by atoms with Crippen molar-refractivity contribution in [2.45, 2.75) is 62.1 Å². The minimum absolute atomic E-state index is 0.0943. The molecule has 2 N–H and O–H groups in total. The molecule has 1 saturated carbocycles. The van der Waals surface area contributed by atoms with Gasteiger partial charge in [-0.2, -0.15) is 4.98 Å². The molecule has 1 aliphatic heterocycles. The van der Waals surface area contributed by atoms with Crippen molar-refractivity contribution in [3.63, 3.8) is 0 Å². The molecule has 0 bridgehead atoms. The Morgan fingerprint density at radius 3 is 2.62 bits per heavy atom. The third kappa shape index (κ3) is 5.38. The fourth-order valence-corrected chi connectivity index (χ4v) is 5.95. The average Bonchev–Trinajstić information content (AvgIpc) is 3.30. The summed E-state index contributed by atoms with van der Waals surface area (Å²) in [6.45, 7) is 1.78. The fraction of sp³-hybridized carbons (Fsp3) is 0.333. The number of allylic oxidation sites excluding steroid dienone is 1. The molecule has 8 nitrogen and oxygen atoms in total. The van der Waals surface area contributed by atoms with Crippen LogP contribution < -0.4 is 5.32 Å². The van der Waals surface area contributed by atoms with E-state index in [1.165, 1.54) is 17.8 Å². The Hall–Kier alpha value is -3.30. The van der Waals surface area contributed by atoms with Crippen LogP contribution in [0, 0.1) is 0 Å². The maximum Gasteiger partial charge on any atom is 0.338 e. The average molecular weight is 539 g/mol. The summed E-state index contributed by atoms with van der Waals surface area (Å²) < 4.78 is 7.51. The second-order valence-corrected chi connectivity index (χ2v) is 10.5. The third-order valence-corrected chi connectivity index (χ3v) is 7.93. The van der Waals surface area contributed by atoms with Crippen molar-refractivity contribution in [3.05, 3.63) is 81.5 Å². The highest BCUT2D eigenvalue weighted by Gasteiger charge is 2.38. The lowest BCUT2D eigenvalue weighted by atomic mass is 9.91. The summed E-state index contributed by atoms with van der Waals surface area (Å²) in [5, 5.41) is 19.0. The number of halogens is 1. The number of ether oxygens (including phenoxy) is 1. The van der Waals surface area contributed by atoms with E-state index in [1.807, 2.05) is 24.3 Å². The Morgan fingerprint density at radius 2 is 1.86 bits per heavy atom. The molecule has 1 fully saturated rings. The first-order valence-corrected chi connectivity index (χ1v) is 13.6. The number of carboxylic acids is 1. The minimum Gasteiger partial charge on any atom is -0.478 e. The van der Waals surface area contributed by atoms with Gasteiger partial charge in [-0.05, 0) is 55.9 Å². The van der Waals surface area contributed by atoms with Crippen LogP contribution in [-0.2, 0) is 15.3 Å². The van der Waals surface area contributed by atoms with Crippen LogP contribution in [-0.4, -0.2) is 37.9 Å². The van der Waals surface area contributed by atoms with E-state index >= 15 is 0 Å². The number of anilines is 1. The largest absolute Gasteiger partial charge is 0.478 e. The molecule has 1 aliphatic carbocycles. The van der Waals surface area contributed by atoms with Gasteiger partial charge in [0, 0.05) is 16.5 Å². The first kappa shape index (κ1) is 25.4. The summed E-state index contributed by atoms with van der Waals surface area (Å²) in [5.74, 6) is -0.559. The number of aromatic carboxylic acids is 1. The summed E-state index contributed by atoms with van der Waals surface area (Å²) in [6, 6.07) is 13.4. The molecule has 0 radical (unpaired) electrons. The van der Waals surface area contributed by atoms with Crippen LogP contribution >= 0.6 is 23.4 Å². The lowest BCUT2D eigenvalue weighted by Crippen LogP contribution is -2.32. The van der Waals surface area contributed by atoms with Crippen molar-refractivity contribution in [1.82, 2.24) is 14.8 Å². The maximum absolute atomic E-state index is 13.6. The molecule has 5 rings (SSSR count). The van der Waals surface area contributed by atoms with Crippen molar-refractivity contribution in [2.75, 3.05) is 5.32 Å². The Kier molecular flexibility index (Phi) is 7.53. The van der Waals surface area contributed by atoms with E-state index in [0.29, 0.717) is 38.7 Å². The highest BCUT2D eigenvalue weighted by molar-refractivity contribution is 7.98. The second-order valence-electron chi connectivity index (χ2n) is 9.17. The molecule has 37 heavy (non-hydrogen) atoms. The minimum atomic E-state index is -1.08. The number of hydrogen-bond donors (Lipinski definition) is 2. The first-order chi connectivity index (χ1) is 17.9. The molecule has 0 spiro atoms. The molecule has 2 aliphatic rings. The number of hydrogen-bond acceptors (Lipinski definition) is 7. The predicted octanol–water partition coefficient (Wildman–Crippen LogP) is 6.09. The lowest BCUT2D eigenvalue weighted by Gasteiger charge is -2.30. The van der Waals surface area contributed by atoms with Gasteiger partial charge in [-0.15, -0.1) is 5.10 Å². The Labute approximate surface area is 224 Å². The van der Waals surface area contributed by atoms with E-state index in [1.54, 1.807) is 29.8 Å². The van der Waals surface area contributed by atoms with Gasteiger partial charge in [0.05, 0.1) is 11.1 Å². The summed E-state index contributed by atoms with van der Waals surface area (Å²) in [5.41, 5.74) is 2.39. The molecule has 1 unspecified atom stereocenters. The molecule has 1 aromatic heterocycles. The van der Waals surface area contributed by atoms with Crippen LogP contribution in [0.1, 0.15) is 66.6 Å². The van der Waals surface area contributed by atoms with E-state index in [4.69, 9.17) is 21.4 Å². The summed E-state index contributed by atoms with van der Waals surface area (Å²) in [4.78, 5) is 30.3. The van der Waals surface area contributed by atoms with Crippen molar-refractivity contribution in [2.24, 2.45) is 0 Å². The van der Waals surface area contributed by atoms with Gasteiger partial charge >= 0.3 is 11.9 Å². The molecule has 192 valence electrons. The topological polar surface area (TPSA) is 106 Å². The second kappa shape index (κ2) is 11.0. The number of carbonyl (C=O) groups excluding carboxylic acids is 1. The smallest absolute Gasteiger partial charge is 0.338 e. The van der Waals surface area contributed by atoms with Gasteiger partial charge in [-0.25, -0.2) is 14.3 Å². The molecule has 1 atom stereocenters. The number of rotatable bonds is 7. The first-order valence-electron chi connectivity index (χ1n) is 12.3. The molecule has 2 aromatic carbocycles. The molecule has 0 saturated heterocycles. The zero-order valence-corrected chi connectivity index (χ0v) is 21.9. The lowest BCUT2D eigenvalue weighted by molar-refractivity contribution is -0.146. The van der Waals surface area contributed by atoms with E-state index < -0.39 is 18.0 Å². The third-order valence-electron chi connectivity index (χ3n) is 6.68. The molecule has 2 heterocycles. The molecule has 3 aromatic rings. The van der Waals surface area contributed by atoms with Gasteiger partial charge in [0.15, 0.2) is 0 Å². The SMILES string of the molecule is CC1=C(C(=O)OC2CCCCC2)C(c2ccccc2C(=O)O)n2nc(SCc3ccccc3Cl)nc2N1. The highest BCUT2D eigenvalue weighted by atomic mass is 35.5. The molecular formula is C27H27ClN4O4S. The van der Waals surface area contributed by atoms with E-state index in [0.717, 1.165) is 37.7 Å². The van der Waals surface area contributed by atoms with Crippen LogP contribution in [0.5, 0.6) is 0 Å². The van der Waals surface area contributed by atoms with E-state index in [9.17, 15) is 14.7 Å². The van der Waals surface area contributed by atoms with Gasteiger partial charge in [0.1, 0.15) is 12.1 Å². The van der Waals surface area contributed by atoms with Gasteiger partial charge < -0.3 is 15.2 Å². The number of nitrogens with one attached hydrogen (secondary N) is 1. The normalized spacial score (nSPS) is 17.7. The van der Waals surface area contributed by atoms with Crippen molar-refractivity contribution in [1.29, 1.82) is 0 Å². The van der Waals surface area contributed by atoms with E-state index in [2.05, 4.69) is 10.3 Å². The Balaban J connectivity index is 1.52. The van der Waals surface area contributed by atoms with Crippen LogP contribution in [0.25, 0.3) is 0 Å². The highest BCUT2D eigenvalue weighted by Crippen LogP contribution is 2.39. The molecule has 10 heteroatoms. The number of fused-ring (bicyclic) bond motifs is 1. The number of carbonyl (C=O) groups is 2. The number of benzene rings is 2. The van der Waals surface area contributed by atoms with Crippen LogP contribution in [0.4, 0.5) is 5.95 Å². The standard InChI is InChI=1S/C27H27ClN4O4S/c1-16-22(25(35)36-18-10-3-2-4-11-18)23(19-12-6-7-13-20(19)24(33)34)32-26(29-16)30-27(31-32)37-15-17-9-5-8-14-21(17)28/h5-9,12-14,18,23H,2-4,10-11,15H2,1H3,(H,33,34)(H,29,30,31). The van der Waals surface area contributed by atoms with Crippen molar-refractivity contribution in [3.8, 4) is 0 Å². The summed E-state index contributed by atoms with van der Waals surface area (Å²) in [7, 11) is 0. The van der Waals surface area contributed by atoms with Crippen LogP contribution in [0.3, 0.4) is 0 Å². The zero-order valence-electron chi connectivity index (χ0n) is 20.3. The Morgan fingerprint density at radius 1 is 1.14 bits per heavy atom. The van der Waals surface area contributed by atoms with Crippen LogP contribution in [0.2, 0.25) is 5.02 Å². The number of nitrogens with zero attached hydrogens (tertiary/aromatic N) is 3. The quantitative estimate of drug-likeness (QED) is 0.275. The number of thioether (sulfide) groups is 1. The van der Waals surface area contributed by atoms with Gasteiger partial charge in [0.2, 0.25) is 11.1 Å². The fourth-order valence-electron chi connectivity index (χ4n) is 4.83. The molecule has 0 amide bonds. The van der Waals surface area contributed by atoms with Gasteiger partial charge in [-0.3, -0.25) is 0 Å². The van der Waals surface area contributed by atoms with E-state index in [-0.39, 0.29) is 11.7 Å². The number of carboxylic acid groups (broad SMARTS) is 1. The number of esters is 1. The molecular weight excluding hydrogens is 512 g/mol. The van der Waals surface area contributed by atoms with Gasteiger partial charge in [0.25, 0.3) is 0 Å². The maximum atomic E-state index is 13.6. The monoisotopic (exact) mass is 538 g/mol.